The lowest BCUT2D eigenvalue weighted by atomic mass is 10.1. The third kappa shape index (κ3) is 7.50. The number of hydrogen-bond donors (Lipinski definition) is 2. The summed E-state index contributed by atoms with van der Waals surface area (Å²) in [6.45, 7) is 12.2. The van der Waals surface area contributed by atoms with E-state index in [9.17, 15) is 4.79 Å². The first-order valence-corrected chi connectivity index (χ1v) is 7.43. The number of likely N-dealkylation sites (N-methyl/N-ethyl adjacent to an activating group) is 1. The van der Waals surface area contributed by atoms with Crippen LogP contribution in [0.1, 0.15) is 27.2 Å². The van der Waals surface area contributed by atoms with Crippen LogP contribution in [0.2, 0.25) is 0 Å². The first-order chi connectivity index (χ1) is 9.11. The van der Waals surface area contributed by atoms with E-state index in [1.165, 1.54) is 0 Å². The largest absolute Gasteiger partial charge is 0.374 e. The summed E-state index contributed by atoms with van der Waals surface area (Å²) in [4.78, 5) is 13.9. The van der Waals surface area contributed by atoms with Gasteiger partial charge in [0.1, 0.15) is 0 Å². The fraction of sp³-hybridized carbons (Fsp3) is 0.929. The molecule has 1 heterocycles. The summed E-state index contributed by atoms with van der Waals surface area (Å²) in [5, 5.41) is 6.09. The minimum atomic E-state index is 0.0730. The number of carbonyl (C=O) groups is 1. The molecule has 2 N–H and O–H groups in total. The van der Waals surface area contributed by atoms with Crippen LogP contribution < -0.4 is 10.6 Å². The van der Waals surface area contributed by atoms with E-state index in [1.54, 1.807) is 0 Å². The van der Waals surface area contributed by atoms with Gasteiger partial charge in [0.2, 0.25) is 5.91 Å². The third-order valence-electron chi connectivity index (χ3n) is 3.37. The lowest BCUT2D eigenvalue weighted by Crippen LogP contribution is -2.47. The molecule has 1 atom stereocenters. The second kappa shape index (κ2) is 9.28. The van der Waals surface area contributed by atoms with E-state index in [0.29, 0.717) is 12.5 Å². The van der Waals surface area contributed by atoms with E-state index >= 15 is 0 Å². The van der Waals surface area contributed by atoms with Gasteiger partial charge >= 0.3 is 0 Å². The maximum atomic E-state index is 11.6. The van der Waals surface area contributed by atoms with Gasteiger partial charge in [-0.15, -0.1) is 0 Å². The highest BCUT2D eigenvalue weighted by Crippen LogP contribution is 2.03. The van der Waals surface area contributed by atoms with Gasteiger partial charge in [-0.25, -0.2) is 0 Å². The van der Waals surface area contributed by atoms with Crippen LogP contribution in [0.3, 0.4) is 0 Å². The van der Waals surface area contributed by atoms with Gasteiger partial charge in [-0.1, -0.05) is 20.8 Å². The third-order valence-corrected chi connectivity index (χ3v) is 3.37. The van der Waals surface area contributed by atoms with Crippen LogP contribution in [0.5, 0.6) is 0 Å². The summed E-state index contributed by atoms with van der Waals surface area (Å²) in [5.41, 5.74) is 0. The van der Waals surface area contributed by atoms with Crippen molar-refractivity contribution in [3.63, 3.8) is 0 Å². The van der Waals surface area contributed by atoms with Crippen LogP contribution in [0, 0.1) is 5.92 Å². The van der Waals surface area contributed by atoms with Gasteiger partial charge < -0.3 is 15.4 Å². The minimum absolute atomic E-state index is 0.0730. The van der Waals surface area contributed by atoms with Crippen molar-refractivity contribution >= 4 is 5.91 Å². The van der Waals surface area contributed by atoms with Gasteiger partial charge in [0.25, 0.3) is 0 Å². The van der Waals surface area contributed by atoms with E-state index in [-0.39, 0.29) is 12.0 Å². The second-order valence-corrected chi connectivity index (χ2v) is 5.55. The maximum Gasteiger partial charge on any atom is 0.233 e. The van der Waals surface area contributed by atoms with Crippen molar-refractivity contribution in [2.45, 2.75) is 33.3 Å². The predicted molar refractivity (Wildman–Crippen MR) is 77.2 cm³/mol. The molecule has 0 spiro atoms. The molecule has 1 unspecified atom stereocenters. The topological polar surface area (TPSA) is 53.6 Å². The van der Waals surface area contributed by atoms with Crippen LogP contribution in [-0.4, -0.2) is 62.8 Å². The molecule has 112 valence electrons. The summed E-state index contributed by atoms with van der Waals surface area (Å²) < 4.78 is 5.67. The lowest BCUT2D eigenvalue weighted by molar-refractivity contribution is -0.120. The van der Waals surface area contributed by atoms with Crippen molar-refractivity contribution in [2.24, 2.45) is 5.92 Å². The molecule has 0 aromatic heterocycles. The van der Waals surface area contributed by atoms with Gasteiger partial charge in [-0.2, -0.15) is 0 Å². The fourth-order valence-corrected chi connectivity index (χ4v) is 2.10. The Labute approximate surface area is 117 Å². The average molecular weight is 271 g/mol. The molecular weight excluding hydrogens is 242 g/mol. The van der Waals surface area contributed by atoms with Gasteiger partial charge in [-0.05, 0) is 18.9 Å². The highest BCUT2D eigenvalue weighted by atomic mass is 16.5. The SMILES string of the molecule is CCN1CCOC(CNCC(=O)NCCC(C)C)C1. The standard InChI is InChI=1S/C14H29N3O2/c1-4-17-7-8-19-13(11-17)9-15-10-14(18)16-6-5-12(2)3/h12-13,15H,4-11H2,1-3H3,(H,16,18). The number of rotatable bonds is 8. The summed E-state index contributed by atoms with van der Waals surface area (Å²) in [6, 6.07) is 0. The molecular formula is C14H29N3O2. The molecule has 0 radical (unpaired) electrons. The number of nitrogens with one attached hydrogen (secondary N) is 2. The summed E-state index contributed by atoms with van der Waals surface area (Å²) in [5.74, 6) is 0.702. The van der Waals surface area contributed by atoms with Crippen LogP contribution >= 0.6 is 0 Å². The zero-order valence-electron chi connectivity index (χ0n) is 12.6. The van der Waals surface area contributed by atoms with E-state index in [0.717, 1.165) is 45.8 Å². The summed E-state index contributed by atoms with van der Waals surface area (Å²) in [6.07, 6.45) is 1.24. The van der Waals surface area contributed by atoms with Crippen molar-refractivity contribution in [1.29, 1.82) is 0 Å². The number of morpholine rings is 1. The Kier molecular flexibility index (Phi) is 8.02. The maximum absolute atomic E-state index is 11.6. The van der Waals surface area contributed by atoms with E-state index in [2.05, 4.69) is 36.3 Å². The van der Waals surface area contributed by atoms with Crippen LogP contribution in [0.15, 0.2) is 0 Å². The average Bonchev–Trinajstić information content (AvgIpc) is 2.38. The second-order valence-electron chi connectivity index (χ2n) is 5.55. The normalized spacial score (nSPS) is 20.7. The van der Waals surface area contributed by atoms with E-state index < -0.39 is 0 Å². The molecule has 1 rings (SSSR count). The predicted octanol–water partition coefficient (Wildman–Crippen LogP) is 0.459. The van der Waals surface area contributed by atoms with Crippen molar-refractivity contribution in [1.82, 2.24) is 15.5 Å². The smallest absolute Gasteiger partial charge is 0.233 e. The Morgan fingerprint density at radius 2 is 2.26 bits per heavy atom. The number of ether oxygens (including phenoxy) is 1. The van der Waals surface area contributed by atoms with Gasteiger partial charge in [-0.3, -0.25) is 9.69 Å². The molecule has 1 aliphatic rings. The zero-order chi connectivity index (χ0) is 14.1. The zero-order valence-corrected chi connectivity index (χ0v) is 12.6. The van der Waals surface area contributed by atoms with Crippen molar-refractivity contribution in [3.05, 3.63) is 0 Å². The molecule has 0 bridgehead atoms. The lowest BCUT2D eigenvalue weighted by Gasteiger charge is -2.32. The van der Waals surface area contributed by atoms with Crippen molar-refractivity contribution in [3.8, 4) is 0 Å². The van der Waals surface area contributed by atoms with Crippen LogP contribution in [0.4, 0.5) is 0 Å². The van der Waals surface area contributed by atoms with E-state index in [4.69, 9.17) is 4.74 Å². The molecule has 0 aromatic rings. The molecule has 5 heteroatoms. The number of nitrogens with zero attached hydrogens (tertiary/aromatic N) is 1. The van der Waals surface area contributed by atoms with Crippen molar-refractivity contribution in [2.75, 3.05) is 45.9 Å². The molecule has 0 aromatic carbocycles. The molecule has 1 fully saturated rings. The number of carbonyl (C=O) groups excluding carboxylic acids is 1. The molecule has 1 aliphatic heterocycles. The minimum Gasteiger partial charge on any atom is -0.374 e. The fourth-order valence-electron chi connectivity index (χ4n) is 2.10. The van der Waals surface area contributed by atoms with Gasteiger partial charge in [0.05, 0.1) is 19.3 Å². The molecule has 1 saturated heterocycles. The Morgan fingerprint density at radius 3 is 2.95 bits per heavy atom. The van der Waals surface area contributed by atoms with Crippen molar-refractivity contribution < 1.29 is 9.53 Å². The molecule has 0 saturated carbocycles. The Bertz CT molecular complexity index is 259. The highest BCUT2D eigenvalue weighted by Gasteiger charge is 2.18. The first kappa shape index (κ1) is 16.4. The Balaban J connectivity index is 2.04. The molecule has 5 nitrogen and oxygen atoms in total. The molecule has 1 amide bonds. The summed E-state index contributed by atoms with van der Waals surface area (Å²) >= 11 is 0. The van der Waals surface area contributed by atoms with Crippen LogP contribution in [-0.2, 0) is 9.53 Å². The molecule has 0 aliphatic carbocycles. The van der Waals surface area contributed by atoms with Gasteiger partial charge in [0.15, 0.2) is 0 Å². The molecule has 19 heavy (non-hydrogen) atoms. The highest BCUT2D eigenvalue weighted by molar-refractivity contribution is 5.77. The number of hydrogen-bond acceptors (Lipinski definition) is 4. The Morgan fingerprint density at radius 1 is 1.47 bits per heavy atom. The quantitative estimate of drug-likeness (QED) is 0.673. The summed E-state index contributed by atoms with van der Waals surface area (Å²) in [7, 11) is 0. The van der Waals surface area contributed by atoms with Crippen LogP contribution in [0.25, 0.3) is 0 Å². The van der Waals surface area contributed by atoms with E-state index in [1.807, 2.05) is 0 Å². The van der Waals surface area contributed by atoms with Gasteiger partial charge in [0, 0.05) is 26.2 Å². The Hall–Kier alpha value is -0.650. The first-order valence-electron chi connectivity index (χ1n) is 7.43. The number of amides is 1. The monoisotopic (exact) mass is 271 g/mol.